The van der Waals surface area contributed by atoms with Gasteiger partial charge in [0.25, 0.3) is 0 Å². The highest BCUT2D eigenvalue weighted by Gasteiger charge is 2.03. The highest BCUT2D eigenvalue weighted by Crippen LogP contribution is 2.10. The largest absolute Gasteiger partial charge is 0.349 e. The van der Waals surface area contributed by atoms with E-state index >= 15 is 0 Å². The van der Waals surface area contributed by atoms with Gasteiger partial charge in [-0.05, 0) is 0 Å². The monoisotopic (exact) mass is 218 g/mol. The van der Waals surface area contributed by atoms with Gasteiger partial charge in [-0.25, -0.2) is 0 Å². The Morgan fingerprint density at radius 1 is 1.88 bits per heavy atom. The van der Waals surface area contributed by atoms with E-state index in [2.05, 4.69) is 15.9 Å². The average molecular weight is 219 g/mol. The van der Waals surface area contributed by atoms with Crippen LogP contribution in [0.4, 0.5) is 0 Å². The first kappa shape index (κ1) is 8.83. The summed E-state index contributed by atoms with van der Waals surface area (Å²) >= 11 is 8.25. The SMILES string of the molecule is O=PC(CBr)OCCl. The Kier molecular flexibility index (Phi) is 6.58. The van der Waals surface area contributed by atoms with Crippen molar-refractivity contribution in [2.75, 3.05) is 11.4 Å². The van der Waals surface area contributed by atoms with E-state index in [1.165, 1.54) is 0 Å². The molecule has 0 aliphatic rings. The molecule has 0 aromatic rings. The zero-order valence-electron chi connectivity index (χ0n) is 4.01. The third-order valence-corrected chi connectivity index (χ3v) is 2.29. The normalized spacial score (nSPS) is 14.2. The molecule has 0 N–H and O–H groups in total. The van der Waals surface area contributed by atoms with Crippen molar-refractivity contribution in [3.8, 4) is 0 Å². The molecule has 0 bridgehead atoms. The Bertz CT molecular complexity index is 72.3. The van der Waals surface area contributed by atoms with E-state index in [0.29, 0.717) is 5.33 Å². The van der Waals surface area contributed by atoms with Crippen molar-refractivity contribution in [2.24, 2.45) is 0 Å². The fourth-order valence-corrected chi connectivity index (χ4v) is 1.15. The summed E-state index contributed by atoms with van der Waals surface area (Å²) in [6.45, 7) is 0. The Balaban J connectivity index is 3.21. The van der Waals surface area contributed by atoms with Crippen molar-refractivity contribution in [3.63, 3.8) is 0 Å². The minimum Gasteiger partial charge on any atom is -0.349 e. The fraction of sp³-hybridized carbons (Fsp3) is 1.00. The van der Waals surface area contributed by atoms with E-state index < -0.39 is 0 Å². The Labute approximate surface area is 62.9 Å². The second kappa shape index (κ2) is 5.96. The molecule has 0 aliphatic heterocycles. The molecule has 8 heavy (non-hydrogen) atoms. The lowest BCUT2D eigenvalue weighted by atomic mass is 10.9. The molecule has 0 aromatic carbocycles. The summed E-state index contributed by atoms with van der Waals surface area (Å²) < 4.78 is 14.7. The molecule has 0 aliphatic carbocycles. The summed E-state index contributed by atoms with van der Waals surface area (Å²) in [5.41, 5.74) is 0. The van der Waals surface area contributed by atoms with Crippen molar-refractivity contribution >= 4 is 36.0 Å². The Morgan fingerprint density at radius 3 is 2.62 bits per heavy atom. The van der Waals surface area contributed by atoms with E-state index in [0.717, 1.165) is 0 Å². The smallest absolute Gasteiger partial charge is 0.188 e. The summed E-state index contributed by atoms with van der Waals surface area (Å²) in [5.74, 6) is -0.299. The van der Waals surface area contributed by atoms with E-state index in [4.69, 9.17) is 16.3 Å². The van der Waals surface area contributed by atoms with Gasteiger partial charge in [0.15, 0.2) is 8.46 Å². The number of alkyl halides is 2. The lowest BCUT2D eigenvalue weighted by Gasteiger charge is -2.00. The highest BCUT2D eigenvalue weighted by atomic mass is 79.9. The highest BCUT2D eigenvalue weighted by molar-refractivity contribution is 9.09. The molecular formula is C3H5BrClO2P. The maximum absolute atomic E-state index is 10.0. The van der Waals surface area contributed by atoms with Crippen molar-refractivity contribution < 1.29 is 9.30 Å². The quantitative estimate of drug-likeness (QED) is 0.535. The molecule has 1 atom stereocenters. The molecule has 5 heteroatoms. The molecule has 0 saturated heterocycles. The van der Waals surface area contributed by atoms with Gasteiger partial charge in [0.05, 0.1) is 0 Å². The van der Waals surface area contributed by atoms with Crippen LogP contribution in [0.3, 0.4) is 0 Å². The second-order valence-corrected chi connectivity index (χ2v) is 2.64. The second-order valence-electron chi connectivity index (χ2n) is 0.990. The van der Waals surface area contributed by atoms with Gasteiger partial charge in [0.2, 0.25) is 0 Å². The molecule has 0 aromatic heterocycles. The van der Waals surface area contributed by atoms with Crippen LogP contribution in [0.1, 0.15) is 0 Å². The topological polar surface area (TPSA) is 26.3 Å². The molecule has 0 radical (unpaired) electrons. The van der Waals surface area contributed by atoms with Crippen molar-refractivity contribution in [1.82, 2.24) is 0 Å². The van der Waals surface area contributed by atoms with Crippen LogP contribution in [0.25, 0.3) is 0 Å². The van der Waals surface area contributed by atoms with E-state index in [1.807, 2.05) is 0 Å². The van der Waals surface area contributed by atoms with Gasteiger partial charge in [0.1, 0.15) is 11.9 Å². The minimum absolute atomic E-state index is 0.0284. The van der Waals surface area contributed by atoms with Crippen LogP contribution in [-0.2, 0) is 9.30 Å². The summed E-state index contributed by atoms with van der Waals surface area (Å²) in [6, 6.07) is 0.0888. The molecule has 2 nitrogen and oxygen atoms in total. The number of ether oxygens (including phenoxy) is 1. The van der Waals surface area contributed by atoms with Gasteiger partial charge >= 0.3 is 0 Å². The predicted molar refractivity (Wildman–Crippen MR) is 37.0 cm³/mol. The van der Waals surface area contributed by atoms with Gasteiger partial charge in [0, 0.05) is 5.33 Å². The van der Waals surface area contributed by atoms with Crippen molar-refractivity contribution in [1.29, 1.82) is 0 Å². The molecular weight excluding hydrogens is 214 g/mol. The van der Waals surface area contributed by atoms with Crippen molar-refractivity contribution in [2.45, 2.75) is 5.85 Å². The summed E-state index contributed by atoms with van der Waals surface area (Å²) in [5, 5.41) is 0.546. The Hall–Kier alpha value is 0.830. The lowest BCUT2D eigenvalue weighted by Crippen LogP contribution is -2.03. The Morgan fingerprint density at radius 2 is 2.50 bits per heavy atom. The van der Waals surface area contributed by atoms with Gasteiger partial charge in [-0.15, -0.1) is 0 Å². The predicted octanol–water partition coefficient (Wildman–Crippen LogP) is 2.21. The van der Waals surface area contributed by atoms with Crippen molar-refractivity contribution in [3.05, 3.63) is 0 Å². The summed E-state index contributed by atoms with van der Waals surface area (Å²) in [7, 11) is -0.0284. The molecule has 0 fully saturated rings. The van der Waals surface area contributed by atoms with Gasteiger partial charge < -0.3 is 4.74 Å². The summed E-state index contributed by atoms with van der Waals surface area (Å²) in [6.07, 6.45) is 0. The molecule has 0 amide bonds. The molecule has 1 unspecified atom stereocenters. The van der Waals surface area contributed by atoms with Gasteiger partial charge in [-0.1, -0.05) is 27.5 Å². The van der Waals surface area contributed by atoms with Crippen LogP contribution < -0.4 is 0 Å². The molecule has 0 heterocycles. The zero-order valence-corrected chi connectivity index (χ0v) is 7.25. The van der Waals surface area contributed by atoms with E-state index in [1.54, 1.807) is 0 Å². The van der Waals surface area contributed by atoms with Crippen LogP contribution in [0.15, 0.2) is 0 Å². The van der Waals surface area contributed by atoms with E-state index in [-0.39, 0.29) is 20.4 Å². The van der Waals surface area contributed by atoms with Crippen LogP contribution in [0, 0.1) is 0 Å². The first-order valence-electron chi connectivity index (χ1n) is 1.91. The maximum Gasteiger partial charge on any atom is 0.188 e. The first-order chi connectivity index (χ1) is 3.85. The maximum atomic E-state index is 10.0. The number of halogens is 2. The van der Waals surface area contributed by atoms with E-state index in [9.17, 15) is 4.57 Å². The number of hydrogen-bond acceptors (Lipinski definition) is 2. The number of hydrogen-bond donors (Lipinski definition) is 0. The van der Waals surface area contributed by atoms with Crippen LogP contribution >= 0.6 is 36.0 Å². The lowest BCUT2D eigenvalue weighted by molar-refractivity contribution is 0.167. The first-order valence-corrected chi connectivity index (χ1v) is 4.45. The number of rotatable bonds is 4. The minimum atomic E-state index is -0.299. The standard InChI is InChI=1S/C3H5BrClO2P/c4-1-3(8-6)7-2-5/h3H,1-2H2. The van der Waals surface area contributed by atoms with Gasteiger partial charge in [-0.3, -0.25) is 4.57 Å². The molecule has 0 saturated carbocycles. The average Bonchev–Trinajstić information content (AvgIpc) is 1.83. The molecule has 0 rings (SSSR count). The summed E-state index contributed by atoms with van der Waals surface area (Å²) in [4.78, 5) is 0. The van der Waals surface area contributed by atoms with Crippen LogP contribution in [0.2, 0.25) is 0 Å². The third-order valence-electron chi connectivity index (χ3n) is 0.505. The molecule has 0 spiro atoms. The third kappa shape index (κ3) is 3.79. The van der Waals surface area contributed by atoms with Crippen LogP contribution in [-0.4, -0.2) is 17.2 Å². The fourth-order valence-electron chi connectivity index (χ4n) is 0.176. The zero-order chi connectivity index (χ0) is 6.41. The molecule has 48 valence electrons. The van der Waals surface area contributed by atoms with Crippen LogP contribution in [0.5, 0.6) is 0 Å². The van der Waals surface area contributed by atoms with Gasteiger partial charge in [-0.2, -0.15) is 0 Å².